The van der Waals surface area contributed by atoms with Gasteiger partial charge in [-0.1, -0.05) is 26.8 Å². The fourth-order valence-corrected chi connectivity index (χ4v) is 2.51. The molecule has 0 aliphatic heterocycles. The van der Waals surface area contributed by atoms with Crippen LogP contribution in [-0.4, -0.2) is 12.4 Å². The van der Waals surface area contributed by atoms with Gasteiger partial charge in [-0.2, -0.15) is 0 Å². The van der Waals surface area contributed by atoms with Crippen molar-refractivity contribution >= 4 is 5.78 Å². The zero-order chi connectivity index (χ0) is 15.0. The molecule has 2 heteroatoms. The van der Waals surface area contributed by atoms with Crippen molar-refractivity contribution in [1.82, 2.24) is 0 Å². The van der Waals surface area contributed by atoms with Crippen LogP contribution >= 0.6 is 0 Å². The highest BCUT2D eigenvalue weighted by atomic mass is 16.5. The van der Waals surface area contributed by atoms with Gasteiger partial charge in [-0.15, -0.1) is 0 Å². The largest absolute Gasteiger partial charge is 0.494 e. The molecule has 112 valence electrons. The number of hydrogen-bond donors (Lipinski definition) is 0. The number of ketones is 1. The number of carbonyl (C=O) groups excluding carboxylic acids is 1. The lowest BCUT2D eigenvalue weighted by Crippen LogP contribution is -2.05. The maximum absolute atomic E-state index is 11.5. The molecule has 0 heterocycles. The van der Waals surface area contributed by atoms with E-state index in [0.29, 0.717) is 24.5 Å². The first-order valence-electron chi connectivity index (χ1n) is 7.87. The first-order valence-corrected chi connectivity index (χ1v) is 7.87. The van der Waals surface area contributed by atoms with Crippen LogP contribution in [-0.2, 0) is 4.79 Å². The van der Waals surface area contributed by atoms with Crippen LogP contribution in [0.5, 0.6) is 5.75 Å². The lowest BCUT2D eigenvalue weighted by molar-refractivity contribution is -0.118. The van der Waals surface area contributed by atoms with E-state index in [1.807, 2.05) is 6.92 Å². The zero-order valence-corrected chi connectivity index (χ0v) is 13.4. The Labute approximate surface area is 123 Å². The molecular formula is C18H28O2. The fourth-order valence-electron chi connectivity index (χ4n) is 2.51. The van der Waals surface area contributed by atoms with Crippen LogP contribution in [0.1, 0.15) is 69.9 Å². The van der Waals surface area contributed by atoms with E-state index in [4.69, 9.17) is 4.74 Å². The third kappa shape index (κ3) is 4.99. The summed E-state index contributed by atoms with van der Waals surface area (Å²) in [5.41, 5.74) is 2.63. The molecular weight excluding hydrogens is 248 g/mol. The summed E-state index contributed by atoms with van der Waals surface area (Å²) in [4.78, 5) is 11.5. The Hall–Kier alpha value is -1.31. The molecule has 1 rings (SSSR count). The van der Waals surface area contributed by atoms with Gasteiger partial charge < -0.3 is 4.74 Å². The van der Waals surface area contributed by atoms with Gasteiger partial charge in [0.2, 0.25) is 0 Å². The number of aryl methyl sites for hydroxylation is 1. The summed E-state index contributed by atoms with van der Waals surface area (Å²) in [5.74, 6) is 1.79. The van der Waals surface area contributed by atoms with E-state index in [2.05, 4.69) is 39.0 Å². The fraction of sp³-hybridized carbons (Fsp3) is 0.611. The summed E-state index contributed by atoms with van der Waals surface area (Å²) in [6.45, 7) is 9.15. The van der Waals surface area contributed by atoms with E-state index in [1.165, 1.54) is 11.1 Å². The smallest absolute Gasteiger partial charge is 0.132 e. The molecule has 1 unspecified atom stereocenters. The molecule has 1 aromatic rings. The predicted molar refractivity (Wildman–Crippen MR) is 84.5 cm³/mol. The van der Waals surface area contributed by atoms with Crippen molar-refractivity contribution in [2.24, 2.45) is 0 Å². The molecule has 0 fully saturated rings. The average molecular weight is 276 g/mol. The molecule has 1 atom stereocenters. The Morgan fingerprint density at radius 2 is 2.00 bits per heavy atom. The maximum atomic E-state index is 11.5. The van der Waals surface area contributed by atoms with Crippen LogP contribution < -0.4 is 4.74 Å². The van der Waals surface area contributed by atoms with E-state index in [0.717, 1.165) is 31.6 Å². The first kappa shape index (κ1) is 16.7. The van der Waals surface area contributed by atoms with Crippen LogP contribution in [0.2, 0.25) is 0 Å². The first-order chi connectivity index (χ1) is 9.62. The molecule has 0 radical (unpaired) electrons. The summed E-state index contributed by atoms with van der Waals surface area (Å²) in [7, 11) is 0. The molecule has 0 aliphatic rings. The van der Waals surface area contributed by atoms with Gasteiger partial charge in [0.05, 0.1) is 6.61 Å². The van der Waals surface area contributed by atoms with Crippen molar-refractivity contribution in [3.63, 3.8) is 0 Å². The Morgan fingerprint density at radius 1 is 1.25 bits per heavy atom. The highest BCUT2D eigenvalue weighted by Crippen LogP contribution is 2.30. The van der Waals surface area contributed by atoms with Gasteiger partial charge in [0.1, 0.15) is 11.5 Å². The van der Waals surface area contributed by atoms with Gasteiger partial charge in [-0.25, -0.2) is 0 Å². The second-order valence-corrected chi connectivity index (χ2v) is 5.40. The molecule has 0 spiro atoms. The molecule has 0 aromatic heterocycles. The van der Waals surface area contributed by atoms with Crippen LogP contribution in [0.4, 0.5) is 0 Å². The summed E-state index contributed by atoms with van der Waals surface area (Å²) >= 11 is 0. The molecule has 0 saturated carbocycles. The lowest BCUT2D eigenvalue weighted by atomic mass is 9.88. The van der Waals surface area contributed by atoms with Gasteiger partial charge in [0.25, 0.3) is 0 Å². The summed E-state index contributed by atoms with van der Waals surface area (Å²) in [6.07, 6.45) is 4.41. The van der Waals surface area contributed by atoms with E-state index in [-0.39, 0.29) is 0 Å². The number of benzene rings is 1. The predicted octanol–water partition coefficient (Wildman–Crippen LogP) is 5.04. The van der Waals surface area contributed by atoms with Crippen molar-refractivity contribution in [2.45, 2.75) is 65.7 Å². The summed E-state index contributed by atoms with van der Waals surface area (Å²) < 4.78 is 5.67. The minimum absolute atomic E-state index is 0.365. The lowest BCUT2D eigenvalue weighted by Gasteiger charge is -2.18. The number of carbonyl (C=O) groups is 1. The normalized spacial score (nSPS) is 12.2. The van der Waals surface area contributed by atoms with Crippen molar-refractivity contribution in [3.8, 4) is 5.75 Å². The third-order valence-electron chi connectivity index (χ3n) is 3.81. The topological polar surface area (TPSA) is 26.3 Å². The number of rotatable bonds is 9. The Kier molecular flexibility index (Phi) is 7.35. The van der Waals surface area contributed by atoms with Gasteiger partial charge >= 0.3 is 0 Å². The molecule has 20 heavy (non-hydrogen) atoms. The van der Waals surface area contributed by atoms with Gasteiger partial charge in [-0.05, 0) is 55.4 Å². The van der Waals surface area contributed by atoms with Crippen molar-refractivity contribution in [2.75, 3.05) is 6.61 Å². The van der Waals surface area contributed by atoms with Gasteiger partial charge in [0, 0.05) is 12.8 Å². The number of ether oxygens (including phenoxy) is 1. The SMILES string of the molecule is CCCOc1ccc(C(CC)CCC(=O)CC)c(C)c1. The van der Waals surface area contributed by atoms with E-state index >= 15 is 0 Å². The highest BCUT2D eigenvalue weighted by Gasteiger charge is 2.14. The van der Waals surface area contributed by atoms with Crippen molar-refractivity contribution < 1.29 is 9.53 Å². The zero-order valence-electron chi connectivity index (χ0n) is 13.4. The van der Waals surface area contributed by atoms with Crippen LogP contribution in [0.3, 0.4) is 0 Å². The maximum Gasteiger partial charge on any atom is 0.132 e. The average Bonchev–Trinajstić information content (AvgIpc) is 2.46. The van der Waals surface area contributed by atoms with Crippen molar-refractivity contribution in [1.29, 1.82) is 0 Å². The second-order valence-electron chi connectivity index (χ2n) is 5.40. The minimum Gasteiger partial charge on any atom is -0.494 e. The van der Waals surface area contributed by atoms with Crippen LogP contribution in [0.15, 0.2) is 18.2 Å². The molecule has 0 N–H and O–H groups in total. The van der Waals surface area contributed by atoms with Crippen molar-refractivity contribution in [3.05, 3.63) is 29.3 Å². The Bertz CT molecular complexity index is 423. The van der Waals surface area contributed by atoms with E-state index in [1.54, 1.807) is 0 Å². The Morgan fingerprint density at radius 3 is 2.55 bits per heavy atom. The molecule has 0 bridgehead atoms. The van der Waals surface area contributed by atoms with Crippen LogP contribution in [0.25, 0.3) is 0 Å². The summed E-state index contributed by atoms with van der Waals surface area (Å²) in [6, 6.07) is 6.35. The summed E-state index contributed by atoms with van der Waals surface area (Å²) in [5, 5.41) is 0. The van der Waals surface area contributed by atoms with Gasteiger partial charge in [-0.3, -0.25) is 4.79 Å². The Balaban J connectivity index is 2.74. The molecule has 0 amide bonds. The molecule has 2 nitrogen and oxygen atoms in total. The monoisotopic (exact) mass is 276 g/mol. The number of Topliss-reactive ketones (excluding diaryl/α,β-unsaturated/α-hetero) is 1. The number of hydrogen-bond acceptors (Lipinski definition) is 2. The van der Waals surface area contributed by atoms with E-state index < -0.39 is 0 Å². The molecule has 1 aromatic carbocycles. The second kappa shape index (κ2) is 8.78. The molecule has 0 aliphatic carbocycles. The van der Waals surface area contributed by atoms with E-state index in [9.17, 15) is 4.79 Å². The van der Waals surface area contributed by atoms with Gasteiger partial charge in [0.15, 0.2) is 0 Å². The quantitative estimate of drug-likeness (QED) is 0.632. The van der Waals surface area contributed by atoms with Crippen LogP contribution in [0, 0.1) is 6.92 Å². The third-order valence-corrected chi connectivity index (χ3v) is 3.81. The highest BCUT2D eigenvalue weighted by molar-refractivity contribution is 5.78. The minimum atomic E-state index is 0.365. The standard InChI is InChI=1S/C18H28O2/c1-5-12-20-17-10-11-18(14(4)13-17)15(6-2)8-9-16(19)7-3/h10-11,13,15H,5-9,12H2,1-4H3. The molecule has 0 saturated heterocycles.